The maximum Gasteiger partial charge on any atom is 0.0733 e. The largest absolute Gasteiger partial charge is 0.358 e. The molecule has 5 aromatic rings. The van der Waals surface area contributed by atoms with E-state index in [1.54, 1.807) is 0 Å². The fourth-order valence-electron chi connectivity index (χ4n) is 6.91. The van der Waals surface area contributed by atoms with E-state index >= 15 is 0 Å². The van der Waals surface area contributed by atoms with E-state index in [9.17, 15) is 0 Å². The van der Waals surface area contributed by atoms with Crippen molar-refractivity contribution in [2.45, 2.75) is 18.3 Å². The molecule has 0 fully saturated rings. The van der Waals surface area contributed by atoms with Crippen LogP contribution in [0.4, 0.5) is 5.69 Å². The van der Waals surface area contributed by atoms with Crippen molar-refractivity contribution in [3.8, 4) is 22.3 Å². The Hall–Kier alpha value is -4.80. The van der Waals surface area contributed by atoms with E-state index in [0.717, 1.165) is 24.1 Å². The molecule has 0 unspecified atom stereocenters. The minimum Gasteiger partial charge on any atom is -0.358 e. The van der Waals surface area contributed by atoms with Gasteiger partial charge in [-0.3, -0.25) is 0 Å². The molecule has 0 saturated heterocycles. The van der Waals surface area contributed by atoms with E-state index in [2.05, 4.69) is 133 Å². The zero-order chi connectivity index (χ0) is 25.1. The second-order valence-electron chi connectivity index (χ2n) is 10.3. The predicted molar refractivity (Wildman–Crippen MR) is 156 cm³/mol. The van der Waals surface area contributed by atoms with E-state index < -0.39 is 0 Å². The summed E-state index contributed by atoms with van der Waals surface area (Å²) in [5.41, 5.74) is 15.1. The summed E-state index contributed by atoms with van der Waals surface area (Å²) < 4.78 is 0. The molecule has 3 aliphatic carbocycles. The SMILES string of the molecule is c1ccc2c(c#1)-c1c(NC3=CC=C(c4ccccc4)CC3)cccc1C21c2ccccc2-c2ccccc21. The topological polar surface area (TPSA) is 12.0 Å². The maximum atomic E-state index is 3.83. The van der Waals surface area contributed by atoms with Gasteiger partial charge in [0.15, 0.2) is 0 Å². The predicted octanol–water partition coefficient (Wildman–Crippen LogP) is 8.80. The zero-order valence-corrected chi connectivity index (χ0v) is 21.0. The molecule has 0 aromatic heterocycles. The molecule has 1 nitrogen and oxygen atoms in total. The van der Waals surface area contributed by atoms with Crippen LogP contribution in [0.15, 0.2) is 127 Å². The highest BCUT2D eigenvalue weighted by Crippen LogP contribution is 2.63. The van der Waals surface area contributed by atoms with Gasteiger partial charge in [-0.1, -0.05) is 109 Å². The van der Waals surface area contributed by atoms with Crippen molar-refractivity contribution in [3.63, 3.8) is 0 Å². The van der Waals surface area contributed by atoms with Gasteiger partial charge in [-0.15, -0.1) is 0 Å². The Kier molecular flexibility index (Phi) is 4.54. The molecule has 5 aromatic carbocycles. The van der Waals surface area contributed by atoms with Crippen molar-refractivity contribution in [1.29, 1.82) is 0 Å². The molecule has 1 heteroatoms. The van der Waals surface area contributed by atoms with Gasteiger partial charge in [0.05, 0.1) is 5.41 Å². The van der Waals surface area contributed by atoms with Crippen LogP contribution < -0.4 is 5.32 Å². The molecular formula is C37H25N. The van der Waals surface area contributed by atoms with E-state index in [1.165, 1.54) is 55.8 Å². The van der Waals surface area contributed by atoms with E-state index in [0.29, 0.717) is 0 Å². The van der Waals surface area contributed by atoms with Crippen LogP contribution in [0, 0.1) is 12.1 Å². The van der Waals surface area contributed by atoms with Crippen LogP contribution in [-0.2, 0) is 5.41 Å². The van der Waals surface area contributed by atoms with Gasteiger partial charge in [0.25, 0.3) is 0 Å². The third-order valence-electron chi connectivity index (χ3n) is 8.46. The second-order valence-corrected chi connectivity index (χ2v) is 10.3. The van der Waals surface area contributed by atoms with Crippen LogP contribution in [0.2, 0.25) is 0 Å². The first-order chi connectivity index (χ1) is 18.9. The monoisotopic (exact) mass is 483 g/mol. The summed E-state index contributed by atoms with van der Waals surface area (Å²) in [4.78, 5) is 0. The van der Waals surface area contributed by atoms with Crippen LogP contribution in [0.25, 0.3) is 27.8 Å². The van der Waals surface area contributed by atoms with Gasteiger partial charge in [-0.2, -0.15) is 0 Å². The lowest BCUT2D eigenvalue weighted by Crippen LogP contribution is -2.25. The summed E-state index contributed by atoms with van der Waals surface area (Å²) in [6.45, 7) is 0. The van der Waals surface area contributed by atoms with Crippen LogP contribution in [0.1, 0.15) is 40.7 Å². The van der Waals surface area contributed by atoms with Crippen LogP contribution in [0.5, 0.6) is 0 Å². The molecule has 38 heavy (non-hydrogen) atoms. The van der Waals surface area contributed by atoms with Crippen LogP contribution in [0.3, 0.4) is 0 Å². The Bertz CT molecular complexity index is 1740. The number of allylic oxidation sites excluding steroid dienone is 4. The van der Waals surface area contributed by atoms with Crippen LogP contribution >= 0.6 is 0 Å². The summed E-state index contributed by atoms with van der Waals surface area (Å²) >= 11 is 0. The Balaban J connectivity index is 1.31. The molecule has 1 N–H and O–H groups in total. The number of rotatable bonds is 3. The lowest BCUT2D eigenvalue weighted by molar-refractivity contribution is 0.794. The first-order valence-corrected chi connectivity index (χ1v) is 13.3. The van der Waals surface area contributed by atoms with Gasteiger partial charge < -0.3 is 5.32 Å². The lowest BCUT2D eigenvalue weighted by atomic mass is 9.70. The molecule has 1 spiro atoms. The molecule has 0 saturated carbocycles. The third-order valence-corrected chi connectivity index (χ3v) is 8.46. The van der Waals surface area contributed by atoms with Crippen molar-refractivity contribution in [2.75, 3.05) is 5.32 Å². The highest BCUT2D eigenvalue weighted by molar-refractivity contribution is 5.98. The summed E-state index contributed by atoms with van der Waals surface area (Å²) in [6.07, 6.45) is 6.53. The second kappa shape index (κ2) is 8.10. The number of benzene rings is 4. The summed E-state index contributed by atoms with van der Waals surface area (Å²) in [5.74, 6) is 0. The van der Waals surface area contributed by atoms with Gasteiger partial charge in [-0.05, 0) is 81.6 Å². The summed E-state index contributed by atoms with van der Waals surface area (Å²) in [6, 6.07) is 46.3. The maximum absolute atomic E-state index is 3.83. The Morgan fingerprint density at radius 3 is 2.05 bits per heavy atom. The molecular weight excluding hydrogens is 458 g/mol. The summed E-state index contributed by atoms with van der Waals surface area (Å²) in [5, 5.41) is 3.83. The molecule has 0 bridgehead atoms. The molecule has 178 valence electrons. The minimum atomic E-state index is -0.345. The molecule has 3 aliphatic rings. The van der Waals surface area contributed by atoms with Gasteiger partial charge in [0.1, 0.15) is 0 Å². The van der Waals surface area contributed by atoms with E-state index in [1.807, 2.05) is 6.07 Å². The summed E-state index contributed by atoms with van der Waals surface area (Å²) in [7, 11) is 0. The smallest absolute Gasteiger partial charge is 0.0733 e. The average Bonchev–Trinajstić information content (AvgIpc) is 3.46. The molecule has 0 amide bonds. The number of hydrogen-bond donors (Lipinski definition) is 1. The minimum absolute atomic E-state index is 0.345. The Morgan fingerprint density at radius 1 is 0.605 bits per heavy atom. The van der Waals surface area contributed by atoms with Gasteiger partial charge in [0, 0.05) is 22.5 Å². The van der Waals surface area contributed by atoms with Crippen molar-refractivity contribution in [3.05, 3.63) is 167 Å². The standard InChI is InChI=1S/C37H25N/c1-2-11-25(12-3-1)26-21-23-27(24-22-26)38-35-20-10-19-34-36(35)30-15-6-9-18-33(30)37(34)31-16-7-4-13-28(31)29-14-5-8-17-32(29)37/h1-5,7-14,16-21,23,38H,22,24H2. The lowest BCUT2D eigenvalue weighted by Gasteiger charge is -2.30. The number of nitrogens with one attached hydrogen (secondary N) is 1. The van der Waals surface area contributed by atoms with Crippen molar-refractivity contribution < 1.29 is 0 Å². The molecule has 0 atom stereocenters. The van der Waals surface area contributed by atoms with Gasteiger partial charge >= 0.3 is 0 Å². The quantitative estimate of drug-likeness (QED) is 0.265. The van der Waals surface area contributed by atoms with E-state index in [-0.39, 0.29) is 5.41 Å². The molecule has 0 radical (unpaired) electrons. The highest BCUT2D eigenvalue weighted by atomic mass is 14.9. The normalized spacial score (nSPS) is 15.5. The number of hydrogen-bond acceptors (Lipinski definition) is 1. The van der Waals surface area contributed by atoms with Crippen LogP contribution in [-0.4, -0.2) is 0 Å². The van der Waals surface area contributed by atoms with Crippen molar-refractivity contribution >= 4 is 11.3 Å². The average molecular weight is 484 g/mol. The van der Waals surface area contributed by atoms with Gasteiger partial charge in [0.2, 0.25) is 0 Å². The number of fused-ring (bicyclic) bond motifs is 10. The molecule has 0 heterocycles. The Morgan fingerprint density at radius 2 is 1.32 bits per heavy atom. The van der Waals surface area contributed by atoms with E-state index in [4.69, 9.17) is 0 Å². The number of anilines is 1. The fourth-order valence-corrected chi connectivity index (χ4v) is 6.91. The molecule has 0 aliphatic heterocycles. The fraction of sp³-hybridized carbons (Fsp3) is 0.0811. The van der Waals surface area contributed by atoms with Crippen molar-refractivity contribution in [1.82, 2.24) is 0 Å². The van der Waals surface area contributed by atoms with Gasteiger partial charge in [-0.25, -0.2) is 0 Å². The van der Waals surface area contributed by atoms with Crippen molar-refractivity contribution in [2.24, 2.45) is 0 Å². The molecule has 8 rings (SSSR count). The zero-order valence-electron chi connectivity index (χ0n) is 21.0. The first-order valence-electron chi connectivity index (χ1n) is 13.3. The Labute approximate surface area is 223 Å². The highest BCUT2D eigenvalue weighted by Gasteiger charge is 2.52. The first kappa shape index (κ1) is 21.3. The third kappa shape index (κ3) is 2.83.